The lowest BCUT2D eigenvalue weighted by molar-refractivity contribution is -0.140. The van der Waals surface area contributed by atoms with Gasteiger partial charge >= 0.3 is 0 Å². The summed E-state index contributed by atoms with van der Waals surface area (Å²) in [5.41, 5.74) is 2.64. The van der Waals surface area contributed by atoms with Crippen LogP contribution in [0.2, 0.25) is 10.0 Å². The molecule has 0 aliphatic rings. The van der Waals surface area contributed by atoms with Crippen LogP contribution < -0.4 is 9.62 Å². The maximum absolute atomic E-state index is 14.2. The van der Waals surface area contributed by atoms with E-state index >= 15 is 0 Å². The molecule has 0 aliphatic heterocycles. The van der Waals surface area contributed by atoms with Crippen molar-refractivity contribution >= 4 is 50.7 Å². The van der Waals surface area contributed by atoms with E-state index in [1.807, 2.05) is 39.8 Å². The Balaban J connectivity index is 2.08. The van der Waals surface area contributed by atoms with Gasteiger partial charge in [-0.1, -0.05) is 85.4 Å². The summed E-state index contributed by atoms with van der Waals surface area (Å²) >= 11 is 12.6. The second-order valence-electron chi connectivity index (χ2n) is 9.94. The van der Waals surface area contributed by atoms with Crippen LogP contribution in [0.4, 0.5) is 5.69 Å². The van der Waals surface area contributed by atoms with Gasteiger partial charge in [-0.2, -0.15) is 0 Å². The number of carbonyl (C=O) groups excluding carboxylic acids is 2. The Bertz CT molecular complexity index is 1470. The maximum Gasteiger partial charge on any atom is 0.264 e. The number of rotatable bonds is 13. The fourth-order valence-electron chi connectivity index (χ4n) is 4.58. The lowest BCUT2D eigenvalue weighted by Gasteiger charge is -2.33. The number of benzene rings is 3. The molecular weight excluding hydrogens is 581 g/mol. The first-order valence-electron chi connectivity index (χ1n) is 13.7. The van der Waals surface area contributed by atoms with Crippen LogP contribution in [-0.4, -0.2) is 44.3 Å². The van der Waals surface area contributed by atoms with Crippen molar-refractivity contribution < 1.29 is 18.0 Å². The molecule has 3 aromatic carbocycles. The van der Waals surface area contributed by atoms with Crippen LogP contribution in [0, 0.1) is 13.8 Å². The van der Waals surface area contributed by atoms with Crippen LogP contribution in [0.25, 0.3) is 0 Å². The third-order valence-electron chi connectivity index (χ3n) is 6.80. The molecule has 41 heavy (non-hydrogen) atoms. The van der Waals surface area contributed by atoms with Crippen LogP contribution in [0.15, 0.2) is 71.6 Å². The topological polar surface area (TPSA) is 86.8 Å². The summed E-state index contributed by atoms with van der Waals surface area (Å²) in [4.78, 5) is 28.9. The van der Waals surface area contributed by atoms with Crippen molar-refractivity contribution in [1.82, 2.24) is 10.2 Å². The number of carbonyl (C=O) groups is 2. The largest absolute Gasteiger partial charge is 0.354 e. The first kappa shape index (κ1) is 32.4. The molecule has 0 unspecified atom stereocenters. The van der Waals surface area contributed by atoms with Gasteiger partial charge in [0.1, 0.15) is 12.6 Å². The van der Waals surface area contributed by atoms with Gasteiger partial charge in [-0.05, 0) is 68.1 Å². The Labute approximate surface area is 253 Å². The molecule has 2 amide bonds. The summed E-state index contributed by atoms with van der Waals surface area (Å²) in [7, 11) is -4.13. The van der Waals surface area contributed by atoms with E-state index < -0.39 is 28.5 Å². The molecule has 1 atom stereocenters. The first-order valence-corrected chi connectivity index (χ1v) is 15.8. The number of hydrogen-bond acceptors (Lipinski definition) is 4. The highest BCUT2D eigenvalue weighted by Gasteiger charge is 2.34. The molecule has 0 saturated heterocycles. The van der Waals surface area contributed by atoms with Crippen molar-refractivity contribution in [2.75, 3.05) is 17.4 Å². The molecule has 7 nitrogen and oxygen atoms in total. The number of sulfonamides is 1. The van der Waals surface area contributed by atoms with E-state index in [4.69, 9.17) is 23.2 Å². The zero-order chi connectivity index (χ0) is 30.2. The summed E-state index contributed by atoms with van der Waals surface area (Å²) in [6, 6.07) is 17.5. The molecular formula is C31H37Cl2N3O4S. The SMILES string of the molecule is CCCCNC(=O)[C@H](CC)N(Cc1ccc(Cl)cc1Cl)C(=O)CN(c1ccc(C)cc1C)S(=O)(=O)c1ccccc1. The van der Waals surface area contributed by atoms with Gasteiger partial charge < -0.3 is 10.2 Å². The number of aryl methyl sites for hydroxylation is 2. The molecule has 220 valence electrons. The van der Waals surface area contributed by atoms with E-state index in [1.54, 1.807) is 42.5 Å². The van der Waals surface area contributed by atoms with Crippen LogP contribution >= 0.6 is 23.2 Å². The Morgan fingerprint density at radius 1 is 0.951 bits per heavy atom. The molecule has 0 aliphatic carbocycles. The molecule has 3 rings (SSSR count). The smallest absolute Gasteiger partial charge is 0.264 e. The van der Waals surface area contributed by atoms with E-state index in [0.717, 1.165) is 22.7 Å². The Morgan fingerprint density at radius 2 is 1.66 bits per heavy atom. The zero-order valence-corrected chi connectivity index (χ0v) is 26.2. The lowest BCUT2D eigenvalue weighted by Crippen LogP contribution is -2.52. The molecule has 10 heteroatoms. The number of unbranched alkanes of at least 4 members (excludes halogenated alkanes) is 1. The fourth-order valence-corrected chi connectivity index (χ4v) is 6.55. The van der Waals surface area contributed by atoms with E-state index in [1.165, 1.54) is 17.0 Å². The maximum atomic E-state index is 14.2. The van der Waals surface area contributed by atoms with Gasteiger partial charge in [-0.15, -0.1) is 0 Å². The number of amides is 2. The highest BCUT2D eigenvalue weighted by molar-refractivity contribution is 7.92. The predicted molar refractivity (Wildman–Crippen MR) is 166 cm³/mol. The molecule has 0 fully saturated rings. The van der Waals surface area contributed by atoms with Crippen molar-refractivity contribution in [1.29, 1.82) is 0 Å². The average Bonchev–Trinajstić information content (AvgIpc) is 2.93. The van der Waals surface area contributed by atoms with Crippen LogP contribution in [0.1, 0.15) is 49.8 Å². The van der Waals surface area contributed by atoms with Crippen molar-refractivity contribution in [3.05, 3.63) is 93.5 Å². The minimum absolute atomic E-state index is 0.000639. The highest BCUT2D eigenvalue weighted by atomic mass is 35.5. The molecule has 0 radical (unpaired) electrons. The normalized spacial score (nSPS) is 12.0. The number of nitrogens with zero attached hydrogens (tertiary/aromatic N) is 2. The summed E-state index contributed by atoms with van der Waals surface area (Å²) in [6.07, 6.45) is 2.03. The van der Waals surface area contributed by atoms with Crippen molar-refractivity contribution in [3.63, 3.8) is 0 Å². The average molecular weight is 619 g/mol. The van der Waals surface area contributed by atoms with E-state index in [0.29, 0.717) is 39.8 Å². The Morgan fingerprint density at radius 3 is 2.27 bits per heavy atom. The molecule has 0 spiro atoms. The van der Waals surface area contributed by atoms with Gasteiger partial charge in [-0.25, -0.2) is 8.42 Å². The van der Waals surface area contributed by atoms with E-state index in [2.05, 4.69) is 5.32 Å². The molecule has 0 saturated carbocycles. The van der Waals surface area contributed by atoms with Gasteiger partial charge in [0.15, 0.2) is 0 Å². The summed E-state index contributed by atoms with van der Waals surface area (Å²) in [5.74, 6) is -0.837. The minimum atomic E-state index is -4.13. The van der Waals surface area contributed by atoms with Crippen molar-refractivity contribution in [2.24, 2.45) is 0 Å². The van der Waals surface area contributed by atoms with Crippen LogP contribution in [0.3, 0.4) is 0 Å². The third kappa shape index (κ3) is 8.24. The molecule has 0 bridgehead atoms. The van der Waals surface area contributed by atoms with Gasteiger partial charge in [0.25, 0.3) is 10.0 Å². The van der Waals surface area contributed by atoms with Crippen LogP contribution in [0.5, 0.6) is 0 Å². The second kappa shape index (κ2) is 14.7. The predicted octanol–water partition coefficient (Wildman–Crippen LogP) is 6.53. The quantitative estimate of drug-likeness (QED) is 0.221. The van der Waals surface area contributed by atoms with Crippen molar-refractivity contribution in [2.45, 2.75) is 64.4 Å². The van der Waals surface area contributed by atoms with E-state index in [9.17, 15) is 18.0 Å². The number of anilines is 1. The molecule has 3 aromatic rings. The van der Waals surface area contributed by atoms with Gasteiger partial charge in [0.05, 0.1) is 10.6 Å². The standard InChI is InChI=1S/C31H37Cl2N3O4S/c1-5-7-17-34-31(38)28(6-2)35(20-24-14-15-25(32)19-27(24)33)30(37)21-36(29-16-13-22(3)18-23(29)4)41(39,40)26-11-9-8-10-12-26/h8-16,18-19,28H,5-7,17,20-21H2,1-4H3,(H,34,38)/t28-/m0/s1. The molecule has 1 N–H and O–H groups in total. The molecule has 0 heterocycles. The fraction of sp³-hybridized carbons (Fsp3) is 0.355. The van der Waals surface area contributed by atoms with Gasteiger partial charge in [0.2, 0.25) is 11.8 Å². The summed E-state index contributed by atoms with van der Waals surface area (Å²) < 4.78 is 29.1. The summed E-state index contributed by atoms with van der Waals surface area (Å²) in [6.45, 7) is 7.53. The highest BCUT2D eigenvalue weighted by Crippen LogP contribution is 2.29. The third-order valence-corrected chi connectivity index (χ3v) is 9.16. The van der Waals surface area contributed by atoms with Crippen molar-refractivity contribution in [3.8, 4) is 0 Å². The monoisotopic (exact) mass is 617 g/mol. The Kier molecular flexibility index (Phi) is 11.6. The second-order valence-corrected chi connectivity index (χ2v) is 12.6. The zero-order valence-electron chi connectivity index (χ0n) is 23.9. The number of halogens is 2. The minimum Gasteiger partial charge on any atom is -0.354 e. The van der Waals surface area contributed by atoms with Crippen LogP contribution in [-0.2, 0) is 26.2 Å². The van der Waals surface area contributed by atoms with Gasteiger partial charge in [-0.3, -0.25) is 13.9 Å². The molecule has 0 aromatic heterocycles. The first-order chi connectivity index (χ1) is 19.5. The Hall–Kier alpha value is -3.07. The van der Waals surface area contributed by atoms with Gasteiger partial charge in [0, 0.05) is 23.1 Å². The number of nitrogens with one attached hydrogen (secondary N) is 1. The van der Waals surface area contributed by atoms with E-state index in [-0.39, 0.29) is 17.3 Å². The number of hydrogen-bond donors (Lipinski definition) is 1. The lowest BCUT2D eigenvalue weighted by atomic mass is 10.1. The summed E-state index contributed by atoms with van der Waals surface area (Å²) in [5, 5.41) is 3.70.